The fourth-order valence-corrected chi connectivity index (χ4v) is 2.49. The molecule has 0 unspecified atom stereocenters. The molecule has 0 heterocycles. The average Bonchev–Trinajstić information content (AvgIpc) is 2.64. The van der Waals surface area contributed by atoms with Crippen molar-refractivity contribution in [2.45, 2.75) is 20.8 Å². The molecule has 3 N–H and O–H groups in total. The van der Waals surface area contributed by atoms with E-state index in [1.54, 1.807) is 12.1 Å². The van der Waals surface area contributed by atoms with Crippen molar-refractivity contribution in [1.82, 2.24) is 5.43 Å². The number of hydrogen-bond donors (Lipinski definition) is 3. The molecule has 0 radical (unpaired) electrons. The first-order valence-corrected chi connectivity index (χ1v) is 8.73. The number of anilines is 2. The van der Waals surface area contributed by atoms with Crippen molar-refractivity contribution >= 4 is 23.5 Å². The Hall–Kier alpha value is -3.02. The Balaban J connectivity index is 1.87. The van der Waals surface area contributed by atoms with Crippen molar-refractivity contribution in [1.29, 1.82) is 0 Å². The number of hydrazone groups is 1. The maximum Gasteiger partial charge on any atom is 0.259 e. The number of nitrogens with one attached hydrogen (secondary N) is 2. The molecule has 0 spiro atoms. The fraction of sp³-hybridized carbons (Fsp3) is 0.300. The van der Waals surface area contributed by atoms with Gasteiger partial charge in [0.15, 0.2) is 0 Å². The van der Waals surface area contributed by atoms with E-state index in [-0.39, 0.29) is 18.2 Å². The molecule has 0 aliphatic heterocycles. The Labute approximate surface area is 154 Å². The molecular weight excluding hydrogens is 328 g/mol. The number of rotatable bonds is 8. The highest BCUT2D eigenvalue weighted by Gasteiger charge is 2.06. The van der Waals surface area contributed by atoms with Crippen LogP contribution in [0.3, 0.4) is 0 Å². The molecule has 0 aromatic heterocycles. The quantitative estimate of drug-likeness (QED) is 0.503. The minimum atomic E-state index is -0.263. The standard InChI is InChI=1S/C20H26N4O2/c1-4-24(5-2)18-11-8-16(19(25)12-18)13-22-23-20(26)14-21-17-9-6-15(3)7-10-17/h6-13,21,25H,4-5,14H2,1-3H3,(H,23,26)/b22-13+. The minimum absolute atomic E-state index is 0.118. The first kappa shape index (κ1) is 19.3. The maximum absolute atomic E-state index is 11.8. The molecule has 0 saturated carbocycles. The van der Waals surface area contributed by atoms with Crippen molar-refractivity contribution in [3.63, 3.8) is 0 Å². The van der Waals surface area contributed by atoms with Crippen LogP contribution in [0.5, 0.6) is 5.75 Å². The third-order valence-electron chi connectivity index (χ3n) is 4.04. The van der Waals surface area contributed by atoms with E-state index in [0.717, 1.165) is 30.0 Å². The molecule has 6 nitrogen and oxygen atoms in total. The lowest BCUT2D eigenvalue weighted by atomic mass is 10.2. The van der Waals surface area contributed by atoms with Crippen LogP contribution in [0.1, 0.15) is 25.0 Å². The van der Waals surface area contributed by atoms with Crippen LogP contribution in [0.25, 0.3) is 0 Å². The van der Waals surface area contributed by atoms with E-state index in [2.05, 4.69) is 34.6 Å². The number of aryl methyl sites for hydroxylation is 1. The third-order valence-corrected chi connectivity index (χ3v) is 4.04. The second-order valence-electron chi connectivity index (χ2n) is 5.93. The Kier molecular flexibility index (Phi) is 7.02. The Morgan fingerprint density at radius 2 is 1.85 bits per heavy atom. The fourth-order valence-electron chi connectivity index (χ4n) is 2.49. The molecule has 0 saturated heterocycles. The highest BCUT2D eigenvalue weighted by Crippen LogP contribution is 2.23. The highest BCUT2D eigenvalue weighted by molar-refractivity contribution is 5.86. The van der Waals surface area contributed by atoms with Gasteiger partial charge in [-0.25, -0.2) is 5.43 Å². The van der Waals surface area contributed by atoms with Gasteiger partial charge >= 0.3 is 0 Å². The van der Waals surface area contributed by atoms with Crippen molar-refractivity contribution in [3.8, 4) is 5.75 Å². The molecule has 0 fully saturated rings. The number of amides is 1. The number of nitrogens with zero attached hydrogens (tertiary/aromatic N) is 2. The minimum Gasteiger partial charge on any atom is -0.507 e. The van der Waals surface area contributed by atoms with Crippen molar-refractivity contribution in [3.05, 3.63) is 53.6 Å². The van der Waals surface area contributed by atoms with Crippen LogP contribution >= 0.6 is 0 Å². The van der Waals surface area contributed by atoms with Gasteiger partial charge < -0.3 is 15.3 Å². The van der Waals surface area contributed by atoms with Gasteiger partial charge in [0.25, 0.3) is 5.91 Å². The zero-order chi connectivity index (χ0) is 18.9. The molecule has 0 aliphatic rings. The second kappa shape index (κ2) is 9.46. The smallest absolute Gasteiger partial charge is 0.259 e. The lowest BCUT2D eigenvalue weighted by Crippen LogP contribution is -2.25. The molecule has 0 atom stereocenters. The largest absolute Gasteiger partial charge is 0.507 e. The van der Waals surface area contributed by atoms with E-state index in [1.165, 1.54) is 6.21 Å². The number of phenolic OH excluding ortho intramolecular Hbond substituents is 1. The molecule has 1 amide bonds. The topological polar surface area (TPSA) is 77.0 Å². The van der Waals surface area contributed by atoms with Gasteiger partial charge in [-0.05, 0) is 45.0 Å². The van der Waals surface area contributed by atoms with Crippen molar-refractivity contribution in [2.75, 3.05) is 29.9 Å². The maximum atomic E-state index is 11.8. The van der Waals surface area contributed by atoms with Gasteiger partial charge in [0.1, 0.15) is 5.75 Å². The normalized spacial score (nSPS) is 10.7. The van der Waals surface area contributed by atoms with Gasteiger partial charge in [0.05, 0.1) is 12.8 Å². The summed E-state index contributed by atoms with van der Waals surface area (Å²) in [7, 11) is 0. The van der Waals surface area contributed by atoms with Crippen molar-refractivity contribution in [2.24, 2.45) is 5.10 Å². The lowest BCUT2D eigenvalue weighted by Gasteiger charge is -2.21. The summed E-state index contributed by atoms with van der Waals surface area (Å²) in [6, 6.07) is 13.2. The van der Waals surface area contributed by atoms with E-state index in [0.29, 0.717) is 5.56 Å². The summed E-state index contributed by atoms with van der Waals surface area (Å²) < 4.78 is 0. The third kappa shape index (κ3) is 5.51. The number of aromatic hydroxyl groups is 1. The van der Waals surface area contributed by atoms with E-state index >= 15 is 0 Å². The van der Waals surface area contributed by atoms with Crippen LogP contribution in [-0.4, -0.2) is 36.9 Å². The molecule has 2 rings (SSSR count). The average molecular weight is 354 g/mol. The lowest BCUT2D eigenvalue weighted by molar-refractivity contribution is -0.119. The summed E-state index contributed by atoms with van der Waals surface area (Å²) in [5, 5.41) is 17.1. The van der Waals surface area contributed by atoms with Gasteiger partial charge in [-0.15, -0.1) is 0 Å². The summed E-state index contributed by atoms with van der Waals surface area (Å²) in [5.74, 6) is -0.133. The number of benzene rings is 2. The van der Waals surface area contributed by atoms with E-state index in [1.807, 2.05) is 37.3 Å². The van der Waals surface area contributed by atoms with Gasteiger partial charge in [0, 0.05) is 36.1 Å². The predicted octanol–water partition coefficient (Wildman–Crippen LogP) is 3.11. The molecule has 0 aliphatic carbocycles. The van der Waals surface area contributed by atoms with Crippen LogP contribution in [0, 0.1) is 6.92 Å². The highest BCUT2D eigenvalue weighted by atomic mass is 16.3. The van der Waals surface area contributed by atoms with Gasteiger partial charge in [-0.3, -0.25) is 4.79 Å². The number of hydrogen-bond acceptors (Lipinski definition) is 5. The van der Waals surface area contributed by atoms with Gasteiger partial charge in [0.2, 0.25) is 0 Å². The molecule has 138 valence electrons. The van der Waals surface area contributed by atoms with Gasteiger partial charge in [-0.1, -0.05) is 17.7 Å². The molecule has 0 bridgehead atoms. The molecule has 2 aromatic carbocycles. The van der Waals surface area contributed by atoms with Gasteiger partial charge in [-0.2, -0.15) is 5.10 Å². The molecular formula is C20H26N4O2. The summed E-state index contributed by atoms with van der Waals surface area (Å²) in [4.78, 5) is 14.0. The van der Waals surface area contributed by atoms with Crippen molar-refractivity contribution < 1.29 is 9.90 Å². The predicted molar refractivity (Wildman–Crippen MR) is 107 cm³/mol. The molecule has 6 heteroatoms. The Morgan fingerprint density at radius 1 is 1.15 bits per heavy atom. The Morgan fingerprint density at radius 3 is 2.46 bits per heavy atom. The number of carbonyl (C=O) groups excluding carboxylic acids is 1. The van der Waals surface area contributed by atoms with E-state index in [9.17, 15) is 9.90 Å². The number of phenols is 1. The first-order chi connectivity index (χ1) is 12.5. The zero-order valence-corrected chi connectivity index (χ0v) is 15.5. The van der Waals surface area contributed by atoms with Crippen LogP contribution in [-0.2, 0) is 4.79 Å². The van der Waals surface area contributed by atoms with E-state index < -0.39 is 0 Å². The zero-order valence-electron chi connectivity index (χ0n) is 15.5. The van der Waals surface area contributed by atoms with Crippen LogP contribution in [0.2, 0.25) is 0 Å². The number of carbonyl (C=O) groups is 1. The van der Waals surface area contributed by atoms with Crippen LogP contribution in [0.4, 0.5) is 11.4 Å². The Bertz CT molecular complexity index is 753. The SMILES string of the molecule is CCN(CC)c1ccc(/C=N/NC(=O)CNc2ccc(C)cc2)c(O)c1. The summed E-state index contributed by atoms with van der Waals surface area (Å²) in [6.07, 6.45) is 1.44. The summed E-state index contributed by atoms with van der Waals surface area (Å²) in [6.45, 7) is 8.00. The van der Waals surface area contributed by atoms with Crippen LogP contribution in [0.15, 0.2) is 47.6 Å². The molecule has 26 heavy (non-hydrogen) atoms. The molecule has 2 aromatic rings. The van der Waals surface area contributed by atoms with Crippen LogP contribution < -0.4 is 15.6 Å². The second-order valence-corrected chi connectivity index (χ2v) is 5.93. The first-order valence-electron chi connectivity index (χ1n) is 8.73. The summed E-state index contributed by atoms with van der Waals surface area (Å²) in [5.41, 5.74) is 5.99. The summed E-state index contributed by atoms with van der Waals surface area (Å²) >= 11 is 0. The monoisotopic (exact) mass is 354 g/mol. The van der Waals surface area contributed by atoms with E-state index in [4.69, 9.17) is 0 Å².